The molecule has 1 aliphatic heterocycles. The maximum absolute atomic E-state index is 11.6. The molecule has 0 aromatic carbocycles. The fourth-order valence-electron chi connectivity index (χ4n) is 1.72. The molecule has 0 bridgehead atoms. The second kappa shape index (κ2) is 4.03. The van der Waals surface area contributed by atoms with Crippen molar-refractivity contribution in [1.82, 2.24) is 0 Å². The molecule has 1 heterocycles. The van der Waals surface area contributed by atoms with Gasteiger partial charge in [-0.3, -0.25) is 0 Å². The van der Waals surface area contributed by atoms with Gasteiger partial charge >= 0.3 is 11.9 Å². The van der Waals surface area contributed by atoms with Crippen molar-refractivity contribution in [3.63, 3.8) is 0 Å². The van der Waals surface area contributed by atoms with Crippen LogP contribution in [0.1, 0.15) is 20.8 Å². The van der Waals surface area contributed by atoms with Crippen LogP contribution in [0, 0.1) is 0 Å². The molecule has 0 aliphatic carbocycles. The molecule has 0 spiro atoms. The number of rotatable bonds is 2. The number of carbonyl (C=O) groups excluding carboxylic acids is 2. The average molecular weight is 232 g/mol. The van der Waals surface area contributed by atoms with Gasteiger partial charge in [0, 0.05) is 0 Å². The average Bonchev–Trinajstić information content (AvgIpc) is 2.47. The minimum absolute atomic E-state index is 0.668. The number of esters is 2. The van der Waals surface area contributed by atoms with Crippen LogP contribution in [0.3, 0.4) is 0 Å². The number of hydrogen-bond acceptors (Lipinski definition) is 6. The van der Waals surface area contributed by atoms with E-state index in [2.05, 4.69) is 9.47 Å². The monoisotopic (exact) mass is 232 g/mol. The number of ether oxygens (including phenoxy) is 4. The molecule has 2 atom stereocenters. The van der Waals surface area contributed by atoms with Crippen molar-refractivity contribution in [3.05, 3.63) is 0 Å². The van der Waals surface area contributed by atoms with Crippen molar-refractivity contribution in [1.29, 1.82) is 0 Å². The zero-order chi connectivity index (χ0) is 12.6. The van der Waals surface area contributed by atoms with Gasteiger partial charge in [-0.15, -0.1) is 0 Å². The van der Waals surface area contributed by atoms with Gasteiger partial charge in [-0.25, -0.2) is 9.59 Å². The van der Waals surface area contributed by atoms with E-state index in [1.54, 1.807) is 13.8 Å². The molecule has 6 nitrogen and oxygen atoms in total. The Balaban J connectivity index is 3.05. The molecule has 1 fully saturated rings. The normalized spacial score (nSPS) is 32.2. The summed E-state index contributed by atoms with van der Waals surface area (Å²) in [7, 11) is 2.44. The van der Waals surface area contributed by atoms with Crippen LogP contribution in [0.15, 0.2) is 0 Å². The van der Waals surface area contributed by atoms with E-state index < -0.39 is 29.4 Å². The van der Waals surface area contributed by atoms with Crippen LogP contribution < -0.4 is 0 Å². The van der Waals surface area contributed by atoms with Crippen LogP contribution in [0.5, 0.6) is 0 Å². The van der Waals surface area contributed by atoms with E-state index >= 15 is 0 Å². The Labute approximate surface area is 93.8 Å². The summed E-state index contributed by atoms with van der Waals surface area (Å²) >= 11 is 0. The summed E-state index contributed by atoms with van der Waals surface area (Å²) in [6, 6.07) is 0. The maximum Gasteiger partial charge on any atom is 0.341 e. The molecule has 0 saturated carbocycles. The first-order chi connectivity index (χ1) is 7.27. The van der Waals surface area contributed by atoms with Gasteiger partial charge in [0.25, 0.3) is 0 Å². The van der Waals surface area contributed by atoms with Gasteiger partial charge < -0.3 is 18.9 Å². The SMILES string of the molecule is COC(=O)[C@@H]1OC(C)(C)O[C@@]1(C)C(=O)OC. The van der Waals surface area contributed by atoms with Gasteiger partial charge in [0.2, 0.25) is 5.60 Å². The van der Waals surface area contributed by atoms with Gasteiger partial charge in [-0.2, -0.15) is 0 Å². The molecule has 0 aromatic rings. The Morgan fingerprint density at radius 1 is 1.12 bits per heavy atom. The molecule has 0 radical (unpaired) electrons. The molecule has 1 aliphatic rings. The van der Waals surface area contributed by atoms with E-state index in [1.807, 2.05) is 0 Å². The molecule has 0 aromatic heterocycles. The van der Waals surface area contributed by atoms with E-state index in [1.165, 1.54) is 21.1 Å². The predicted octanol–water partition coefficient (Wildman–Crippen LogP) is 0.243. The fourth-order valence-corrected chi connectivity index (χ4v) is 1.72. The van der Waals surface area contributed by atoms with E-state index in [9.17, 15) is 9.59 Å². The lowest BCUT2D eigenvalue weighted by Gasteiger charge is -2.24. The summed E-state index contributed by atoms with van der Waals surface area (Å²) in [5.41, 5.74) is -1.48. The van der Waals surface area contributed by atoms with Crippen molar-refractivity contribution in [3.8, 4) is 0 Å². The van der Waals surface area contributed by atoms with Crippen LogP contribution in [-0.2, 0) is 28.5 Å². The summed E-state index contributed by atoms with van der Waals surface area (Å²) < 4.78 is 19.9. The first-order valence-corrected chi connectivity index (χ1v) is 4.81. The first-order valence-electron chi connectivity index (χ1n) is 4.81. The second-order valence-electron chi connectivity index (χ2n) is 4.12. The molecule has 1 saturated heterocycles. The van der Waals surface area contributed by atoms with E-state index in [0.29, 0.717) is 0 Å². The Morgan fingerprint density at radius 3 is 2.12 bits per heavy atom. The molecular weight excluding hydrogens is 216 g/mol. The van der Waals surface area contributed by atoms with Crippen LogP contribution in [-0.4, -0.2) is 43.7 Å². The van der Waals surface area contributed by atoms with Crippen LogP contribution in [0.4, 0.5) is 0 Å². The van der Waals surface area contributed by atoms with Gasteiger partial charge in [0.1, 0.15) is 0 Å². The molecule has 92 valence electrons. The molecule has 0 N–H and O–H groups in total. The Hall–Kier alpha value is -1.14. The van der Waals surface area contributed by atoms with Crippen LogP contribution in [0.25, 0.3) is 0 Å². The Bertz CT molecular complexity index is 310. The lowest BCUT2D eigenvalue weighted by atomic mass is 10.00. The Kier molecular flexibility index (Phi) is 3.25. The Morgan fingerprint density at radius 2 is 1.69 bits per heavy atom. The molecule has 16 heavy (non-hydrogen) atoms. The number of carbonyl (C=O) groups is 2. The van der Waals surface area contributed by atoms with Crippen LogP contribution >= 0.6 is 0 Å². The van der Waals surface area contributed by atoms with Crippen molar-refractivity contribution in [2.45, 2.75) is 38.3 Å². The van der Waals surface area contributed by atoms with Crippen LogP contribution in [0.2, 0.25) is 0 Å². The third-order valence-corrected chi connectivity index (χ3v) is 2.37. The summed E-state index contributed by atoms with van der Waals surface area (Å²) in [5, 5.41) is 0. The third-order valence-electron chi connectivity index (χ3n) is 2.37. The quantitative estimate of drug-likeness (QED) is 0.635. The van der Waals surface area contributed by atoms with Crippen molar-refractivity contribution < 1.29 is 28.5 Å². The topological polar surface area (TPSA) is 71.1 Å². The molecule has 0 unspecified atom stereocenters. The predicted molar refractivity (Wildman–Crippen MR) is 52.5 cm³/mol. The van der Waals surface area contributed by atoms with E-state index in [-0.39, 0.29) is 0 Å². The number of hydrogen-bond donors (Lipinski definition) is 0. The minimum Gasteiger partial charge on any atom is -0.467 e. The summed E-state index contributed by atoms with van der Waals surface area (Å²) in [5.74, 6) is -2.38. The van der Waals surface area contributed by atoms with Crippen molar-refractivity contribution in [2.75, 3.05) is 14.2 Å². The highest BCUT2D eigenvalue weighted by Gasteiger charge is 2.59. The minimum atomic E-state index is -1.48. The van der Waals surface area contributed by atoms with Crippen molar-refractivity contribution >= 4 is 11.9 Å². The van der Waals surface area contributed by atoms with E-state index in [4.69, 9.17) is 9.47 Å². The lowest BCUT2D eigenvalue weighted by Crippen LogP contribution is -2.49. The van der Waals surface area contributed by atoms with Gasteiger partial charge in [0.05, 0.1) is 14.2 Å². The van der Waals surface area contributed by atoms with Gasteiger partial charge in [-0.1, -0.05) is 0 Å². The third kappa shape index (κ3) is 2.03. The zero-order valence-corrected chi connectivity index (χ0v) is 10.0. The molecule has 1 rings (SSSR count). The zero-order valence-electron chi connectivity index (χ0n) is 10.0. The highest BCUT2D eigenvalue weighted by molar-refractivity contribution is 5.89. The second-order valence-corrected chi connectivity index (χ2v) is 4.12. The van der Waals surface area contributed by atoms with Crippen molar-refractivity contribution in [2.24, 2.45) is 0 Å². The maximum atomic E-state index is 11.6. The summed E-state index contributed by atoms with van der Waals surface area (Å²) in [6.45, 7) is 4.66. The van der Waals surface area contributed by atoms with Gasteiger partial charge in [0.15, 0.2) is 11.9 Å². The highest BCUT2D eigenvalue weighted by atomic mass is 16.8. The molecule has 6 heteroatoms. The highest BCUT2D eigenvalue weighted by Crippen LogP contribution is 2.37. The molecular formula is C10H16O6. The molecule has 0 amide bonds. The standard InChI is InChI=1S/C10H16O6/c1-9(2)15-6(7(11)13-4)10(3,16-9)8(12)14-5/h6H,1-5H3/t6-,10+/m0/s1. The summed E-state index contributed by atoms with van der Waals surface area (Å²) in [4.78, 5) is 23.1. The first kappa shape index (κ1) is 12.9. The lowest BCUT2D eigenvalue weighted by molar-refractivity contribution is -0.184. The van der Waals surface area contributed by atoms with E-state index in [0.717, 1.165) is 0 Å². The van der Waals surface area contributed by atoms with Gasteiger partial charge in [-0.05, 0) is 20.8 Å². The fraction of sp³-hybridized carbons (Fsp3) is 0.800. The summed E-state index contributed by atoms with van der Waals surface area (Å²) in [6.07, 6.45) is -1.13. The largest absolute Gasteiger partial charge is 0.467 e. The smallest absolute Gasteiger partial charge is 0.341 e. The number of methoxy groups -OCH3 is 2.